The summed E-state index contributed by atoms with van der Waals surface area (Å²) in [4.78, 5) is 14.7. The maximum atomic E-state index is 12.8. The van der Waals surface area contributed by atoms with Crippen molar-refractivity contribution < 1.29 is 29.1 Å². The van der Waals surface area contributed by atoms with Crippen LogP contribution >= 0.6 is 11.6 Å². The van der Waals surface area contributed by atoms with Gasteiger partial charge in [-0.25, -0.2) is 4.98 Å². The smallest absolute Gasteiger partial charge is 0.343 e. The van der Waals surface area contributed by atoms with Gasteiger partial charge >= 0.3 is 12.4 Å². The highest BCUT2D eigenvalue weighted by molar-refractivity contribution is 6.29. The second kappa shape index (κ2) is 7.71. The fourth-order valence-electron chi connectivity index (χ4n) is 1.60. The minimum Gasteiger partial charge on any atom is -0.343 e. The third-order valence-corrected chi connectivity index (χ3v) is 3.31. The fraction of sp³-hybridized carbons (Fsp3) is 0.429. The SMILES string of the molecule is [2H]c1cc(Cl)nc(-c2nc(N[C@H](C)C(F)(F)F)nc(N[C@H](C)C(F)(F)F)n2)c1[2H]. The van der Waals surface area contributed by atoms with Gasteiger partial charge in [-0.3, -0.25) is 0 Å². The quantitative estimate of drug-likeness (QED) is 0.558. The van der Waals surface area contributed by atoms with Crippen molar-refractivity contribution in [1.82, 2.24) is 19.9 Å². The molecule has 2 aromatic rings. The highest BCUT2D eigenvalue weighted by Gasteiger charge is 2.38. The van der Waals surface area contributed by atoms with Gasteiger partial charge < -0.3 is 10.6 Å². The molecule has 2 rings (SSSR count). The Bertz CT molecular complexity index is 854. The zero-order chi connectivity index (χ0) is 22.1. The van der Waals surface area contributed by atoms with Crippen molar-refractivity contribution in [3.8, 4) is 11.5 Å². The number of anilines is 2. The Morgan fingerprint density at radius 2 is 1.41 bits per heavy atom. The molecule has 0 fully saturated rings. The maximum absolute atomic E-state index is 12.8. The first-order valence-electron chi connectivity index (χ1n) is 8.25. The van der Waals surface area contributed by atoms with E-state index in [0.717, 1.165) is 19.9 Å². The first kappa shape index (κ1) is 18.0. The van der Waals surface area contributed by atoms with Gasteiger partial charge in [-0.2, -0.15) is 41.3 Å². The summed E-state index contributed by atoms with van der Waals surface area (Å²) in [7, 11) is 0. The molecule has 2 heterocycles. The maximum Gasteiger partial charge on any atom is 0.408 e. The van der Waals surface area contributed by atoms with Crippen molar-refractivity contribution in [1.29, 1.82) is 0 Å². The van der Waals surface area contributed by atoms with Gasteiger partial charge in [0.25, 0.3) is 0 Å². The molecule has 0 aromatic carbocycles. The lowest BCUT2D eigenvalue weighted by Gasteiger charge is -2.20. The molecule has 27 heavy (non-hydrogen) atoms. The summed E-state index contributed by atoms with van der Waals surface area (Å²) in [5.41, 5.74) is -0.407. The van der Waals surface area contributed by atoms with Crippen LogP contribution < -0.4 is 10.6 Å². The molecule has 0 saturated carbocycles. The Morgan fingerprint density at radius 1 is 0.926 bits per heavy atom. The largest absolute Gasteiger partial charge is 0.408 e. The second-order valence-corrected chi connectivity index (χ2v) is 5.71. The van der Waals surface area contributed by atoms with E-state index in [9.17, 15) is 26.3 Å². The van der Waals surface area contributed by atoms with Gasteiger partial charge in [0, 0.05) is 0 Å². The first-order chi connectivity index (χ1) is 13.2. The number of nitrogens with one attached hydrogen (secondary N) is 2. The standard InChI is InChI=1S/C14H13ClF6N6/c1-6(13(16,17)18)22-11-25-10(8-4-3-5-9(15)24-8)26-12(27-11)23-7(2)14(19,20)21/h3-7H,1-2H3,(H2,22,23,25,26,27)/t6-,7-/m1/s1/i3D,4D. The molecule has 0 saturated heterocycles. The number of halogens is 7. The molecule has 0 aliphatic rings. The number of nitrogens with zero attached hydrogens (tertiary/aromatic N) is 4. The number of rotatable bonds is 5. The number of aromatic nitrogens is 4. The van der Waals surface area contributed by atoms with Gasteiger partial charge in [0.05, 0.1) is 2.74 Å². The van der Waals surface area contributed by atoms with E-state index in [1.54, 1.807) is 0 Å². The van der Waals surface area contributed by atoms with Gasteiger partial charge in [-0.1, -0.05) is 17.6 Å². The van der Waals surface area contributed by atoms with Gasteiger partial charge in [-0.15, -0.1) is 0 Å². The Balaban J connectivity index is 2.55. The van der Waals surface area contributed by atoms with Crippen molar-refractivity contribution in [3.05, 3.63) is 23.3 Å². The summed E-state index contributed by atoms with van der Waals surface area (Å²) < 4.78 is 92.4. The lowest BCUT2D eigenvalue weighted by molar-refractivity contribution is -0.139. The van der Waals surface area contributed by atoms with Crippen LogP contribution in [0.25, 0.3) is 11.5 Å². The van der Waals surface area contributed by atoms with E-state index >= 15 is 0 Å². The van der Waals surface area contributed by atoms with Crippen LogP contribution in [0.2, 0.25) is 5.15 Å². The molecule has 0 aliphatic carbocycles. The van der Waals surface area contributed by atoms with Crippen molar-refractivity contribution in [3.63, 3.8) is 0 Å². The minimum absolute atomic E-state index is 0.238. The van der Waals surface area contributed by atoms with Crippen molar-refractivity contribution in [2.45, 2.75) is 38.3 Å². The molecule has 6 nitrogen and oxygen atoms in total. The molecule has 148 valence electrons. The minimum atomic E-state index is -4.69. The lowest BCUT2D eigenvalue weighted by Crippen LogP contribution is -2.35. The molecular formula is C14H13ClF6N6. The number of hydrogen-bond acceptors (Lipinski definition) is 6. The van der Waals surface area contributed by atoms with E-state index in [2.05, 4.69) is 19.9 Å². The van der Waals surface area contributed by atoms with E-state index < -0.39 is 59.9 Å². The lowest BCUT2D eigenvalue weighted by atomic mass is 10.3. The van der Waals surface area contributed by atoms with E-state index in [-0.39, 0.29) is 5.15 Å². The third kappa shape index (κ3) is 5.81. The topological polar surface area (TPSA) is 75.6 Å². The van der Waals surface area contributed by atoms with Crippen LogP contribution in [-0.4, -0.2) is 44.4 Å². The first-order valence-corrected chi connectivity index (χ1v) is 7.63. The van der Waals surface area contributed by atoms with Crippen LogP contribution in [-0.2, 0) is 0 Å². The molecule has 0 spiro atoms. The zero-order valence-corrected chi connectivity index (χ0v) is 14.4. The molecule has 2 N–H and O–H groups in total. The predicted octanol–water partition coefficient (Wildman–Crippen LogP) is 4.31. The zero-order valence-electron chi connectivity index (χ0n) is 15.7. The van der Waals surface area contributed by atoms with Crippen molar-refractivity contribution in [2.75, 3.05) is 10.6 Å². The van der Waals surface area contributed by atoms with E-state index in [4.69, 9.17) is 14.3 Å². The van der Waals surface area contributed by atoms with Crippen LogP contribution in [0.1, 0.15) is 16.6 Å². The second-order valence-electron chi connectivity index (χ2n) is 5.32. The van der Waals surface area contributed by atoms with Gasteiger partial charge in [0.15, 0.2) is 5.82 Å². The molecule has 0 amide bonds. The van der Waals surface area contributed by atoms with Crippen LogP contribution in [0, 0.1) is 0 Å². The molecule has 0 unspecified atom stereocenters. The van der Waals surface area contributed by atoms with Gasteiger partial charge in [0.2, 0.25) is 11.9 Å². The summed E-state index contributed by atoms with van der Waals surface area (Å²) in [5, 5.41) is 3.59. The average molecular weight is 417 g/mol. The van der Waals surface area contributed by atoms with E-state index in [0.29, 0.717) is 0 Å². The average Bonchev–Trinajstić information content (AvgIpc) is 2.56. The van der Waals surface area contributed by atoms with Crippen molar-refractivity contribution in [2.24, 2.45) is 0 Å². The Labute approximate surface area is 157 Å². The number of hydrogen-bond donors (Lipinski definition) is 2. The third-order valence-electron chi connectivity index (χ3n) is 3.12. The van der Waals surface area contributed by atoms with E-state index in [1.165, 1.54) is 0 Å². The molecule has 2 atom stereocenters. The summed E-state index contributed by atoms with van der Waals surface area (Å²) in [6, 6.07) is -4.16. The Hall–Kier alpha value is -2.37. The highest BCUT2D eigenvalue weighted by Crippen LogP contribution is 2.26. The number of alkyl halides is 6. The van der Waals surface area contributed by atoms with Gasteiger partial charge in [-0.05, 0) is 26.0 Å². The summed E-state index contributed by atoms with van der Waals surface area (Å²) >= 11 is 5.73. The van der Waals surface area contributed by atoms with Crippen LogP contribution in [0.4, 0.5) is 38.2 Å². The Morgan fingerprint density at radius 3 is 1.85 bits per heavy atom. The molecular weight excluding hydrogens is 402 g/mol. The van der Waals surface area contributed by atoms with Crippen LogP contribution in [0.3, 0.4) is 0 Å². The molecule has 0 radical (unpaired) electrons. The van der Waals surface area contributed by atoms with Gasteiger partial charge in [0.1, 0.15) is 22.9 Å². The fourth-order valence-corrected chi connectivity index (χ4v) is 1.74. The Kier molecular flexibility index (Phi) is 5.14. The van der Waals surface area contributed by atoms with Crippen LogP contribution in [0.5, 0.6) is 0 Å². The number of pyridine rings is 1. The monoisotopic (exact) mass is 416 g/mol. The molecule has 2 aromatic heterocycles. The molecule has 13 heteroatoms. The van der Waals surface area contributed by atoms with Crippen molar-refractivity contribution >= 4 is 23.5 Å². The molecule has 0 aliphatic heterocycles. The highest BCUT2D eigenvalue weighted by atomic mass is 35.5. The summed E-state index contributed by atoms with van der Waals surface area (Å²) in [5.74, 6) is -1.94. The van der Waals surface area contributed by atoms with E-state index in [1.807, 2.05) is 10.6 Å². The normalized spacial score (nSPS) is 15.6. The van der Waals surface area contributed by atoms with Crippen LogP contribution in [0.15, 0.2) is 18.2 Å². The predicted molar refractivity (Wildman–Crippen MR) is 86.3 cm³/mol. The summed E-state index contributed by atoms with van der Waals surface area (Å²) in [6.07, 6.45) is -9.38. The molecule has 0 bridgehead atoms. The summed E-state index contributed by atoms with van der Waals surface area (Å²) in [6.45, 7) is 1.51.